The van der Waals surface area contributed by atoms with E-state index in [9.17, 15) is 9.59 Å². The van der Waals surface area contributed by atoms with Crippen LogP contribution in [0.4, 0.5) is 11.4 Å². The Labute approximate surface area is 178 Å². The zero-order chi connectivity index (χ0) is 21.5. The molecule has 0 radical (unpaired) electrons. The van der Waals surface area contributed by atoms with Crippen LogP contribution in [0.5, 0.6) is 5.75 Å². The van der Waals surface area contributed by atoms with Crippen LogP contribution >= 0.6 is 0 Å². The lowest BCUT2D eigenvalue weighted by Crippen LogP contribution is -3.15. The van der Waals surface area contributed by atoms with Crippen molar-refractivity contribution >= 4 is 23.2 Å². The highest BCUT2D eigenvalue weighted by atomic mass is 16.5. The highest BCUT2D eigenvalue weighted by Crippen LogP contribution is 2.27. The zero-order valence-corrected chi connectivity index (χ0v) is 18.0. The molecule has 2 aromatic rings. The summed E-state index contributed by atoms with van der Waals surface area (Å²) in [5, 5.41) is 2.84. The van der Waals surface area contributed by atoms with E-state index in [4.69, 9.17) is 4.74 Å². The Kier molecular flexibility index (Phi) is 7.30. The number of benzene rings is 2. The Balaban J connectivity index is 1.44. The maximum absolute atomic E-state index is 12.6. The first kappa shape index (κ1) is 21.6. The minimum atomic E-state index is -0.189. The number of methoxy groups -OCH3 is 1. The van der Waals surface area contributed by atoms with E-state index < -0.39 is 0 Å². The number of likely N-dealkylation sites (N-methyl/N-ethyl adjacent to an activating group) is 1. The van der Waals surface area contributed by atoms with Gasteiger partial charge in [-0.15, -0.1) is 0 Å². The topological polar surface area (TPSA) is 66.3 Å². The number of ether oxygens (including phenoxy) is 1. The van der Waals surface area contributed by atoms with Crippen molar-refractivity contribution in [1.29, 1.82) is 0 Å². The van der Waals surface area contributed by atoms with Crippen LogP contribution in [0.3, 0.4) is 0 Å². The van der Waals surface area contributed by atoms with Crippen molar-refractivity contribution in [2.75, 3.05) is 63.6 Å². The van der Waals surface area contributed by atoms with Crippen molar-refractivity contribution in [3.63, 3.8) is 0 Å². The molecule has 0 aliphatic carbocycles. The molecule has 2 amide bonds. The van der Waals surface area contributed by atoms with Gasteiger partial charge < -0.3 is 24.8 Å². The summed E-state index contributed by atoms with van der Waals surface area (Å²) in [5.41, 5.74) is 2.97. The number of hydrogen-bond acceptors (Lipinski definition) is 4. The third-order valence-electron chi connectivity index (χ3n) is 5.44. The van der Waals surface area contributed by atoms with Crippen molar-refractivity contribution in [2.24, 2.45) is 0 Å². The Bertz CT molecular complexity index is 861. The van der Waals surface area contributed by atoms with Crippen LogP contribution in [0.2, 0.25) is 0 Å². The number of nitrogens with one attached hydrogen (secondary N) is 2. The van der Waals surface area contributed by atoms with Gasteiger partial charge in [-0.2, -0.15) is 0 Å². The molecule has 0 unspecified atom stereocenters. The lowest BCUT2D eigenvalue weighted by atomic mass is 10.2. The van der Waals surface area contributed by atoms with Crippen molar-refractivity contribution < 1.29 is 19.2 Å². The number of hydrogen-bond donors (Lipinski definition) is 2. The van der Waals surface area contributed by atoms with Crippen LogP contribution in [-0.2, 0) is 9.59 Å². The van der Waals surface area contributed by atoms with Gasteiger partial charge in [0.25, 0.3) is 5.91 Å². The molecule has 1 fully saturated rings. The summed E-state index contributed by atoms with van der Waals surface area (Å²) in [6.07, 6.45) is 0. The number of piperazine rings is 1. The van der Waals surface area contributed by atoms with Crippen molar-refractivity contribution in [3.05, 3.63) is 54.1 Å². The molecule has 160 valence electrons. The zero-order valence-electron chi connectivity index (χ0n) is 18.0. The molecule has 1 aliphatic heterocycles. The highest BCUT2D eigenvalue weighted by Gasteiger charge is 2.25. The summed E-state index contributed by atoms with van der Waals surface area (Å²) in [5.74, 6) is 0.664. The first-order valence-corrected chi connectivity index (χ1v) is 10.3. The molecule has 1 saturated heterocycles. The second-order valence-corrected chi connectivity index (χ2v) is 7.75. The number of quaternary nitrogens is 1. The van der Waals surface area contributed by atoms with E-state index in [0.29, 0.717) is 6.54 Å². The minimum Gasteiger partial charge on any atom is -0.495 e. The number of carbonyl (C=O) groups is 2. The fourth-order valence-electron chi connectivity index (χ4n) is 3.62. The van der Waals surface area contributed by atoms with Crippen molar-refractivity contribution in [1.82, 2.24) is 4.90 Å². The van der Waals surface area contributed by atoms with E-state index in [-0.39, 0.29) is 18.4 Å². The van der Waals surface area contributed by atoms with Gasteiger partial charge in [0.05, 0.1) is 45.5 Å². The van der Waals surface area contributed by atoms with E-state index in [2.05, 4.69) is 16.3 Å². The molecule has 0 bridgehead atoms. The fraction of sp³-hybridized carbons (Fsp3) is 0.391. The quantitative estimate of drug-likeness (QED) is 0.708. The molecule has 1 aliphatic rings. The molecule has 2 aromatic carbocycles. The van der Waals surface area contributed by atoms with Gasteiger partial charge in [-0.05, 0) is 31.2 Å². The van der Waals surface area contributed by atoms with Crippen LogP contribution in [-0.4, -0.2) is 70.1 Å². The standard InChI is InChI=1S/C23H30N4O3/c1-18-8-10-19(11-9-18)24-22(28)16-25(2)23(29)17-26-12-14-27(15-13-26)20-6-4-5-7-21(20)30-3/h4-11H,12-17H2,1-3H3,(H,24,28)/p+1. The third-order valence-corrected chi connectivity index (χ3v) is 5.44. The highest BCUT2D eigenvalue weighted by molar-refractivity contribution is 5.94. The van der Waals surface area contributed by atoms with Crippen molar-refractivity contribution in [2.45, 2.75) is 6.92 Å². The van der Waals surface area contributed by atoms with Gasteiger partial charge in [0.1, 0.15) is 5.75 Å². The monoisotopic (exact) mass is 411 g/mol. The lowest BCUT2D eigenvalue weighted by Gasteiger charge is -2.34. The first-order valence-electron chi connectivity index (χ1n) is 10.3. The van der Waals surface area contributed by atoms with E-state index in [1.807, 2.05) is 49.4 Å². The van der Waals surface area contributed by atoms with E-state index >= 15 is 0 Å². The molecule has 30 heavy (non-hydrogen) atoms. The van der Waals surface area contributed by atoms with Crippen LogP contribution in [0.1, 0.15) is 5.56 Å². The Morgan fingerprint density at radius 2 is 1.77 bits per heavy atom. The smallest absolute Gasteiger partial charge is 0.277 e. The summed E-state index contributed by atoms with van der Waals surface area (Å²) >= 11 is 0. The molecule has 1 heterocycles. The number of carbonyl (C=O) groups excluding carboxylic acids is 2. The number of para-hydroxylation sites is 2. The van der Waals surface area contributed by atoms with Gasteiger partial charge in [0.2, 0.25) is 5.91 Å². The third kappa shape index (κ3) is 5.73. The lowest BCUT2D eigenvalue weighted by molar-refractivity contribution is -0.892. The summed E-state index contributed by atoms with van der Waals surface area (Å²) in [4.78, 5) is 29.9. The minimum absolute atomic E-state index is 0.0187. The summed E-state index contributed by atoms with van der Waals surface area (Å²) in [7, 11) is 3.37. The molecule has 0 spiro atoms. The second-order valence-electron chi connectivity index (χ2n) is 7.75. The molecule has 2 N–H and O–H groups in total. The van der Waals surface area contributed by atoms with Gasteiger partial charge in [-0.3, -0.25) is 9.59 Å². The summed E-state index contributed by atoms with van der Waals surface area (Å²) in [6, 6.07) is 15.6. The predicted octanol–water partition coefficient (Wildman–Crippen LogP) is 0.806. The van der Waals surface area contributed by atoms with Gasteiger partial charge >= 0.3 is 0 Å². The molecule has 3 rings (SSSR count). The van der Waals surface area contributed by atoms with Crippen molar-refractivity contribution in [3.8, 4) is 5.75 Å². The SMILES string of the molecule is COc1ccccc1N1CC[NH+](CC(=O)N(C)CC(=O)Nc2ccc(C)cc2)CC1. The molecule has 0 saturated carbocycles. The van der Waals surface area contributed by atoms with E-state index in [1.54, 1.807) is 14.2 Å². The first-order chi connectivity index (χ1) is 14.5. The number of anilines is 2. The largest absolute Gasteiger partial charge is 0.495 e. The molecule has 7 nitrogen and oxygen atoms in total. The fourth-order valence-corrected chi connectivity index (χ4v) is 3.62. The predicted molar refractivity (Wildman–Crippen MR) is 118 cm³/mol. The molecular formula is C23H31N4O3+. The van der Waals surface area contributed by atoms with E-state index in [1.165, 1.54) is 9.80 Å². The Morgan fingerprint density at radius 3 is 2.43 bits per heavy atom. The van der Waals surface area contributed by atoms with Crippen LogP contribution in [0, 0.1) is 6.92 Å². The average Bonchev–Trinajstić information content (AvgIpc) is 2.75. The maximum atomic E-state index is 12.6. The van der Waals surface area contributed by atoms with Gasteiger partial charge in [0.15, 0.2) is 6.54 Å². The number of aryl methyl sites for hydroxylation is 1. The van der Waals surface area contributed by atoms with Crippen LogP contribution < -0.4 is 19.9 Å². The summed E-state index contributed by atoms with van der Waals surface area (Å²) < 4.78 is 5.46. The molecule has 7 heteroatoms. The number of nitrogens with zero attached hydrogens (tertiary/aromatic N) is 2. The van der Waals surface area contributed by atoms with E-state index in [0.717, 1.165) is 48.9 Å². The normalized spacial score (nSPS) is 14.3. The molecule has 0 aromatic heterocycles. The molecule has 0 atom stereocenters. The summed E-state index contributed by atoms with van der Waals surface area (Å²) in [6.45, 7) is 5.90. The van der Waals surface area contributed by atoms with Gasteiger partial charge in [0, 0.05) is 12.7 Å². The van der Waals surface area contributed by atoms with Crippen LogP contribution in [0.25, 0.3) is 0 Å². The van der Waals surface area contributed by atoms with Gasteiger partial charge in [-0.1, -0.05) is 29.8 Å². The molecular weight excluding hydrogens is 380 g/mol. The van der Waals surface area contributed by atoms with Gasteiger partial charge in [-0.25, -0.2) is 0 Å². The maximum Gasteiger partial charge on any atom is 0.277 e. The Hall–Kier alpha value is -3.06. The number of amides is 2. The van der Waals surface area contributed by atoms with Crippen LogP contribution in [0.15, 0.2) is 48.5 Å². The number of rotatable bonds is 7. The Morgan fingerprint density at radius 1 is 1.10 bits per heavy atom. The average molecular weight is 412 g/mol. The second kappa shape index (κ2) is 10.1.